The third-order valence-corrected chi connectivity index (χ3v) is 7.49. The van der Waals surface area contributed by atoms with Crippen molar-refractivity contribution in [3.63, 3.8) is 0 Å². The molecule has 0 saturated heterocycles. The zero-order valence-electron chi connectivity index (χ0n) is 18.8. The van der Waals surface area contributed by atoms with Gasteiger partial charge in [-0.1, -0.05) is 35.4 Å². The number of carbonyl (C=O) groups excluding carboxylic acids is 1. The Morgan fingerprint density at radius 2 is 1.65 bits per heavy atom. The second kappa shape index (κ2) is 9.95. The van der Waals surface area contributed by atoms with Crippen molar-refractivity contribution in [3.8, 4) is 11.5 Å². The molecule has 0 bridgehead atoms. The van der Waals surface area contributed by atoms with Crippen LogP contribution >= 0.6 is 11.6 Å². The minimum atomic E-state index is -4.00. The molecule has 1 aliphatic rings. The van der Waals surface area contributed by atoms with Gasteiger partial charge in [0.15, 0.2) is 11.5 Å². The van der Waals surface area contributed by atoms with E-state index in [1.807, 2.05) is 26.0 Å². The van der Waals surface area contributed by atoms with E-state index < -0.39 is 22.5 Å². The topological polar surface area (TPSA) is 84.9 Å². The molecule has 0 aromatic heterocycles. The van der Waals surface area contributed by atoms with Crippen LogP contribution in [-0.4, -0.2) is 34.1 Å². The third kappa shape index (κ3) is 5.29. The number of amides is 1. The molecule has 1 aliphatic heterocycles. The molecule has 0 unspecified atom stereocenters. The Labute approximate surface area is 204 Å². The van der Waals surface area contributed by atoms with E-state index in [9.17, 15) is 13.2 Å². The summed E-state index contributed by atoms with van der Waals surface area (Å²) in [7, 11) is -4.00. The Kier molecular flexibility index (Phi) is 7.00. The number of sulfonamides is 1. The molecule has 3 aromatic carbocycles. The smallest absolute Gasteiger partial charge is 0.264 e. The number of nitrogens with zero attached hydrogens (tertiary/aromatic N) is 1. The molecule has 178 valence electrons. The van der Waals surface area contributed by atoms with E-state index in [4.69, 9.17) is 21.1 Å². The molecule has 0 spiro atoms. The largest absolute Gasteiger partial charge is 0.486 e. The molecule has 1 N–H and O–H groups in total. The van der Waals surface area contributed by atoms with Crippen LogP contribution in [0.5, 0.6) is 11.5 Å². The van der Waals surface area contributed by atoms with E-state index in [0.29, 0.717) is 35.4 Å². The average Bonchev–Trinajstić information content (AvgIpc) is 2.83. The molecule has 9 heteroatoms. The monoisotopic (exact) mass is 500 g/mol. The first-order chi connectivity index (χ1) is 16.2. The second-order valence-corrected chi connectivity index (χ2v) is 10.3. The summed E-state index contributed by atoms with van der Waals surface area (Å²) in [5.74, 6) is 0.828. The molecule has 0 radical (unpaired) electrons. The number of ether oxygens (including phenoxy) is 2. The van der Waals surface area contributed by atoms with Crippen LogP contribution in [0.15, 0.2) is 71.6 Å². The highest BCUT2D eigenvalue weighted by molar-refractivity contribution is 7.92. The van der Waals surface area contributed by atoms with Gasteiger partial charge >= 0.3 is 0 Å². The van der Waals surface area contributed by atoms with Crippen molar-refractivity contribution in [3.05, 3.63) is 82.9 Å². The van der Waals surface area contributed by atoms with Gasteiger partial charge in [0.2, 0.25) is 5.91 Å². The first-order valence-electron chi connectivity index (χ1n) is 10.8. The van der Waals surface area contributed by atoms with Gasteiger partial charge in [0.05, 0.1) is 16.6 Å². The number of fused-ring (bicyclic) bond motifs is 1. The van der Waals surface area contributed by atoms with Gasteiger partial charge in [-0.2, -0.15) is 0 Å². The summed E-state index contributed by atoms with van der Waals surface area (Å²) in [5.41, 5.74) is 2.09. The molecule has 1 amide bonds. The molecule has 34 heavy (non-hydrogen) atoms. The lowest BCUT2D eigenvalue weighted by Gasteiger charge is -2.25. The maximum Gasteiger partial charge on any atom is 0.264 e. The summed E-state index contributed by atoms with van der Waals surface area (Å²) in [6, 6.07) is 17.9. The van der Waals surface area contributed by atoms with Gasteiger partial charge < -0.3 is 14.8 Å². The summed E-state index contributed by atoms with van der Waals surface area (Å²) < 4.78 is 39.2. The SMILES string of the molecule is Cc1ccc(S(=O)(=O)N(CC(=O)N[C@H](C)c2ccc3c(c2)OCCO3)c2ccc(Cl)cc2)cc1. The maximum atomic E-state index is 13.5. The summed E-state index contributed by atoms with van der Waals surface area (Å²) in [4.78, 5) is 13.1. The van der Waals surface area contributed by atoms with Gasteiger partial charge in [0.1, 0.15) is 19.8 Å². The minimum Gasteiger partial charge on any atom is -0.486 e. The molecule has 0 saturated carbocycles. The number of aryl methyl sites for hydroxylation is 1. The van der Waals surface area contributed by atoms with E-state index >= 15 is 0 Å². The van der Waals surface area contributed by atoms with Crippen LogP contribution in [0.1, 0.15) is 24.1 Å². The normalized spacial score (nSPS) is 13.7. The lowest BCUT2D eigenvalue weighted by molar-refractivity contribution is -0.120. The third-order valence-electron chi connectivity index (χ3n) is 5.45. The highest BCUT2D eigenvalue weighted by Gasteiger charge is 2.28. The zero-order chi connectivity index (χ0) is 24.3. The number of benzene rings is 3. The van der Waals surface area contributed by atoms with E-state index in [1.54, 1.807) is 42.5 Å². The highest BCUT2D eigenvalue weighted by Crippen LogP contribution is 2.32. The summed E-state index contributed by atoms with van der Waals surface area (Å²) in [6.45, 7) is 4.26. The summed E-state index contributed by atoms with van der Waals surface area (Å²) in [5, 5.41) is 3.35. The van der Waals surface area contributed by atoms with E-state index in [1.165, 1.54) is 12.1 Å². The standard InChI is InChI=1S/C25H25ClN2O5S/c1-17-3-10-22(11-4-17)34(30,31)28(21-8-6-20(26)7-9-21)16-25(29)27-18(2)19-5-12-23-24(15-19)33-14-13-32-23/h3-12,15,18H,13-14,16H2,1-2H3,(H,27,29)/t18-/m1/s1. The van der Waals surface area contributed by atoms with Crippen LogP contribution in [-0.2, 0) is 14.8 Å². The van der Waals surface area contributed by atoms with Crippen LogP contribution in [0, 0.1) is 6.92 Å². The lowest BCUT2D eigenvalue weighted by atomic mass is 10.1. The van der Waals surface area contributed by atoms with Crippen LogP contribution in [0.3, 0.4) is 0 Å². The number of carbonyl (C=O) groups is 1. The molecular weight excluding hydrogens is 476 g/mol. The first kappa shape index (κ1) is 23.9. The predicted molar refractivity (Wildman–Crippen MR) is 131 cm³/mol. The van der Waals surface area contributed by atoms with Gasteiger partial charge in [0.25, 0.3) is 10.0 Å². The molecule has 1 atom stereocenters. The Morgan fingerprint density at radius 3 is 2.32 bits per heavy atom. The Morgan fingerprint density at radius 1 is 1.00 bits per heavy atom. The minimum absolute atomic E-state index is 0.0979. The quantitative estimate of drug-likeness (QED) is 0.516. The van der Waals surface area contributed by atoms with Crippen molar-refractivity contribution in [1.82, 2.24) is 5.32 Å². The van der Waals surface area contributed by atoms with Crippen molar-refractivity contribution in [2.45, 2.75) is 24.8 Å². The Bertz CT molecular complexity index is 1280. The predicted octanol–water partition coefficient (Wildman–Crippen LogP) is 4.49. The van der Waals surface area contributed by atoms with Crippen LogP contribution < -0.4 is 19.1 Å². The number of halogens is 1. The van der Waals surface area contributed by atoms with E-state index in [0.717, 1.165) is 15.4 Å². The van der Waals surface area contributed by atoms with Crippen molar-refractivity contribution in [2.75, 3.05) is 24.1 Å². The molecule has 3 aromatic rings. The fourth-order valence-electron chi connectivity index (χ4n) is 3.59. The van der Waals surface area contributed by atoms with E-state index in [2.05, 4.69) is 5.32 Å². The zero-order valence-corrected chi connectivity index (χ0v) is 20.4. The van der Waals surface area contributed by atoms with Crippen molar-refractivity contribution >= 4 is 33.2 Å². The fourth-order valence-corrected chi connectivity index (χ4v) is 5.14. The van der Waals surface area contributed by atoms with Crippen molar-refractivity contribution in [2.24, 2.45) is 0 Å². The van der Waals surface area contributed by atoms with Gasteiger partial charge in [0, 0.05) is 5.02 Å². The van der Waals surface area contributed by atoms with Gasteiger partial charge in [-0.25, -0.2) is 8.42 Å². The van der Waals surface area contributed by atoms with Crippen LogP contribution in [0.25, 0.3) is 0 Å². The van der Waals surface area contributed by atoms with Crippen molar-refractivity contribution in [1.29, 1.82) is 0 Å². The molecule has 0 fully saturated rings. The fraction of sp³-hybridized carbons (Fsp3) is 0.240. The lowest BCUT2D eigenvalue weighted by Crippen LogP contribution is -2.41. The summed E-state index contributed by atoms with van der Waals surface area (Å²) in [6.07, 6.45) is 0. The molecule has 7 nitrogen and oxygen atoms in total. The van der Waals surface area contributed by atoms with Gasteiger partial charge in [-0.15, -0.1) is 0 Å². The molecule has 1 heterocycles. The molecule has 0 aliphatic carbocycles. The van der Waals surface area contributed by atoms with Gasteiger partial charge in [-0.3, -0.25) is 9.10 Å². The summed E-state index contributed by atoms with van der Waals surface area (Å²) >= 11 is 5.99. The highest BCUT2D eigenvalue weighted by atomic mass is 35.5. The van der Waals surface area contributed by atoms with Crippen LogP contribution in [0.4, 0.5) is 5.69 Å². The van der Waals surface area contributed by atoms with E-state index in [-0.39, 0.29) is 10.9 Å². The average molecular weight is 501 g/mol. The number of hydrogen-bond donors (Lipinski definition) is 1. The number of anilines is 1. The maximum absolute atomic E-state index is 13.5. The van der Waals surface area contributed by atoms with Crippen LogP contribution in [0.2, 0.25) is 5.02 Å². The first-order valence-corrected chi connectivity index (χ1v) is 12.6. The number of hydrogen-bond acceptors (Lipinski definition) is 5. The Hall–Kier alpha value is -3.23. The molecule has 4 rings (SSSR count). The van der Waals surface area contributed by atoms with Crippen molar-refractivity contribution < 1.29 is 22.7 Å². The van der Waals surface area contributed by atoms with Gasteiger partial charge in [-0.05, 0) is 67.9 Å². The molecular formula is C25H25ClN2O5S. The Balaban J connectivity index is 1.56. The second-order valence-electron chi connectivity index (χ2n) is 7.99. The number of rotatable bonds is 7. The number of nitrogens with one attached hydrogen (secondary N) is 1.